The molecule has 1 aliphatic carbocycles. The first-order valence-electron chi connectivity index (χ1n) is 7.06. The monoisotopic (exact) mass is 356 g/mol. The Morgan fingerprint density at radius 3 is 2.50 bits per heavy atom. The SMILES string of the molecule is CCOC(=O)C1(Cl)C[C@H]2OC(C)(C)O[C@H]2[C@H](OS(C)(=O)=O)C1. The van der Waals surface area contributed by atoms with Crippen LogP contribution >= 0.6 is 11.6 Å². The van der Waals surface area contributed by atoms with Crippen molar-refractivity contribution in [2.75, 3.05) is 12.9 Å². The van der Waals surface area contributed by atoms with Crippen molar-refractivity contribution < 1.29 is 31.6 Å². The zero-order chi connectivity index (χ0) is 16.8. The molecule has 0 aromatic carbocycles. The van der Waals surface area contributed by atoms with Crippen LogP contribution in [0.25, 0.3) is 0 Å². The molecule has 22 heavy (non-hydrogen) atoms. The third kappa shape index (κ3) is 3.91. The average molecular weight is 357 g/mol. The summed E-state index contributed by atoms with van der Waals surface area (Å²) in [6.07, 6.45) is -0.967. The molecular weight excluding hydrogens is 336 g/mol. The molecule has 0 aromatic heterocycles. The molecule has 9 heteroatoms. The summed E-state index contributed by atoms with van der Waals surface area (Å²) in [6, 6.07) is 0. The van der Waals surface area contributed by atoms with Gasteiger partial charge in [-0.25, -0.2) is 0 Å². The van der Waals surface area contributed by atoms with Gasteiger partial charge >= 0.3 is 5.97 Å². The van der Waals surface area contributed by atoms with Crippen LogP contribution in [0.4, 0.5) is 0 Å². The Morgan fingerprint density at radius 2 is 1.95 bits per heavy atom. The van der Waals surface area contributed by atoms with Gasteiger partial charge < -0.3 is 14.2 Å². The zero-order valence-corrected chi connectivity index (χ0v) is 14.6. The van der Waals surface area contributed by atoms with Crippen molar-refractivity contribution in [3.05, 3.63) is 0 Å². The topological polar surface area (TPSA) is 88.1 Å². The van der Waals surface area contributed by atoms with E-state index in [9.17, 15) is 13.2 Å². The van der Waals surface area contributed by atoms with E-state index in [1.807, 2.05) is 0 Å². The van der Waals surface area contributed by atoms with Gasteiger partial charge in [-0.15, -0.1) is 11.6 Å². The van der Waals surface area contributed by atoms with Gasteiger partial charge in [0.1, 0.15) is 17.1 Å². The van der Waals surface area contributed by atoms with Gasteiger partial charge in [-0.1, -0.05) is 0 Å². The molecule has 1 unspecified atom stereocenters. The van der Waals surface area contributed by atoms with Gasteiger partial charge in [0.2, 0.25) is 0 Å². The number of halogens is 1. The summed E-state index contributed by atoms with van der Waals surface area (Å²) in [5.74, 6) is -1.50. The van der Waals surface area contributed by atoms with Crippen LogP contribution in [0, 0.1) is 0 Å². The van der Waals surface area contributed by atoms with E-state index in [1.54, 1.807) is 20.8 Å². The number of rotatable bonds is 4. The second-order valence-electron chi connectivity index (χ2n) is 6.07. The highest BCUT2D eigenvalue weighted by molar-refractivity contribution is 7.86. The molecule has 0 aromatic rings. The highest BCUT2D eigenvalue weighted by Crippen LogP contribution is 2.45. The first kappa shape index (κ1) is 17.9. The van der Waals surface area contributed by atoms with Crippen LogP contribution in [-0.4, -0.2) is 56.2 Å². The van der Waals surface area contributed by atoms with Crippen molar-refractivity contribution in [3.63, 3.8) is 0 Å². The Kier molecular flexibility index (Phi) is 4.81. The molecule has 1 aliphatic heterocycles. The Hall–Kier alpha value is -0.410. The molecule has 4 atom stereocenters. The number of hydrogen-bond acceptors (Lipinski definition) is 7. The van der Waals surface area contributed by atoms with Crippen molar-refractivity contribution in [3.8, 4) is 0 Å². The maximum atomic E-state index is 12.1. The number of esters is 1. The highest BCUT2D eigenvalue weighted by atomic mass is 35.5. The van der Waals surface area contributed by atoms with Crippen LogP contribution in [0.1, 0.15) is 33.6 Å². The lowest BCUT2D eigenvalue weighted by Gasteiger charge is -2.38. The van der Waals surface area contributed by atoms with E-state index in [4.69, 9.17) is 30.0 Å². The van der Waals surface area contributed by atoms with Crippen LogP contribution in [0.2, 0.25) is 0 Å². The molecule has 1 saturated carbocycles. The molecule has 2 aliphatic rings. The summed E-state index contributed by atoms with van der Waals surface area (Å²) in [5.41, 5.74) is 0. The van der Waals surface area contributed by atoms with Crippen LogP contribution in [0.3, 0.4) is 0 Å². The maximum Gasteiger partial charge on any atom is 0.327 e. The predicted octanol–water partition coefficient (Wildman–Crippen LogP) is 1.19. The number of alkyl halides is 1. The lowest BCUT2D eigenvalue weighted by molar-refractivity contribution is -0.151. The first-order valence-corrected chi connectivity index (χ1v) is 9.25. The molecule has 0 bridgehead atoms. The fourth-order valence-corrected chi connectivity index (χ4v) is 3.90. The minimum atomic E-state index is -3.73. The number of carbonyl (C=O) groups is 1. The first-order chi connectivity index (χ1) is 9.96. The molecular formula is C13H21ClO7S. The molecule has 0 spiro atoms. The Balaban J connectivity index is 2.28. The summed E-state index contributed by atoms with van der Waals surface area (Å²) < 4.78 is 44.5. The second kappa shape index (κ2) is 5.90. The molecule has 1 heterocycles. The van der Waals surface area contributed by atoms with E-state index in [0.29, 0.717) is 0 Å². The molecule has 128 valence electrons. The summed E-state index contributed by atoms with van der Waals surface area (Å²) in [4.78, 5) is 10.7. The van der Waals surface area contributed by atoms with Crippen molar-refractivity contribution in [1.82, 2.24) is 0 Å². The molecule has 1 saturated heterocycles. The highest BCUT2D eigenvalue weighted by Gasteiger charge is 2.58. The number of hydrogen-bond donors (Lipinski definition) is 0. The Bertz CT molecular complexity index is 547. The Labute approximate surface area is 135 Å². The second-order valence-corrected chi connectivity index (χ2v) is 8.40. The van der Waals surface area contributed by atoms with Crippen molar-refractivity contribution in [2.24, 2.45) is 0 Å². The van der Waals surface area contributed by atoms with E-state index in [2.05, 4.69) is 0 Å². The lowest BCUT2D eigenvalue weighted by atomic mass is 9.82. The normalized spacial score (nSPS) is 37.6. The van der Waals surface area contributed by atoms with Crippen LogP contribution < -0.4 is 0 Å². The predicted molar refractivity (Wildman–Crippen MR) is 78.0 cm³/mol. The van der Waals surface area contributed by atoms with E-state index >= 15 is 0 Å². The largest absolute Gasteiger partial charge is 0.465 e. The summed E-state index contributed by atoms with van der Waals surface area (Å²) in [5, 5.41) is 0. The van der Waals surface area contributed by atoms with Gasteiger partial charge in [0.25, 0.3) is 10.1 Å². The standard InChI is InChI=1S/C13H21ClO7S/c1-5-18-11(15)13(14)6-8-10(20-12(2,3)19-8)9(7-13)21-22(4,16)17/h8-10H,5-7H2,1-4H3/t8-,9-,10-,13?/m1/s1. The average Bonchev–Trinajstić information content (AvgIpc) is 2.61. The quantitative estimate of drug-likeness (QED) is 0.424. The molecule has 0 radical (unpaired) electrons. The van der Waals surface area contributed by atoms with Gasteiger partial charge in [-0.3, -0.25) is 8.98 Å². The number of ether oxygens (including phenoxy) is 3. The Morgan fingerprint density at radius 1 is 1.32 bits per heavy atom. The van der Waals surface area contributed by atoms with Crippen molar-refractivity contribution >= 4 is 27.7 Å². The number of carbonyl (C=O) groups excluding carboxylic acids is 1. The maximum absolute atomic E-state index is 12.1. The number of fused-ring (bicyclic) bond motifs is 1. The van der Waals surface area contributed by atoms with E-state index < -0.39 is 45.1 Å². The zero-order valence-electron chi connectivity index (χ0n) is 13.0. The fourth-order valence-electron chi connectivity index (χ4n) is 2.91. The molecule has 0 N–H and O–H groups in total. The third-order valence-corrected chi connectivity index (χ3v) is 4.64. The minimum Gasteiger partial charge on any atom is -0.465 e. The minimum absolute atomic E-state index is 0.0267. The van der Waals surface area contributed by atoms with Crippen LogP contribution in [0.5, 0.6) is 0 Å². The van der Waals surface area contributed by atoms with Crippen LogP contribution in [0.15, 0.2) is 0 Å². The van der Waals surface area contributed by atoms with Gasteiger partial charge in [-0.05, 0) is 20.8 Å². The van der Waals surface area contributed by atoms with Gasteiger partial charge in [0, 0.05) is 12.8 Å². The van der Waals surface area contributed by atoms with Crippen molar-refractivity contribution in [2.45, 2.75) is 62.6 Å². The van der Waals surface area contributed by atoms with Crippen molar-refractivity contribution in [1.29, 1.82) is 0 Å². The molecule has 2 rings (SSSR count). The van der Waals surface area contributed by atoms with Crippen LogP contribution in [-0.2, 0) is 33.3 Å². The fraction of sp³-hybridized carbons (Fsp3) is 0.923. The van der Waals surface area contributed by atoms with Gasteiger partial charge in [0.15, 0.2) is 5.79 Å². The van der Waals surface area contributed by atoms with E-state index in [1.165, 1.54) is 0 Å². The molecule has 0 amide bonds. The lowest BCUT2D eigenvalue weighted by Crippen LogP contribution is -2.54. The summed E-state index contributed by atoms with van der Waals surface area (Å²) in [7, 11) is -3.73. The summed E-state index contributed by atoms with van der Waals surface area (Å²) >= 11 is 6.40. The van der Waals surface area contributed by atoms with Gasteiger partial charge in [-0.2, -0.15) is 8.42 Å². The molecule has 2 fully saturated rings. The van der Waals surface area contributed by atoms with Gasteiger partial charge in [0.05, 0.1) is 19.0 Å². The smallest absolute Gasteiger partial charge is 0.327 e. The van der Waals surface area contributed by atoms with E-state index in [0.717, 1.165) is 6.26 Å². The van der Waals surface area contributed by atoms with E-state index in [-0.39, 0.29) is 19.4 Å². The molecule has 7 nitrogen and oxygen atoms in total. The third-order valence-electron chi connectivity index (χ3n) is 3.58. The summed E-state index contributed by atoms with van der Waals surface area (Å²) in [6.45, 7) is 5.28.